The first-order chi connectivity index (χ1) is 68.3. The SMILES string of the molecule is CCCCCCCCCCCCOc1ccc2c(c1)c1cc(OCCCCCCCCCCCC)ccc1n2-c1ccc(-c2nc(-c3ccc(-n4c5ccc(OCCCCCCCCCCCC)cc5c5cc(OCCCCCCCCCCCC)ccc54)s3)nc(-c3ccc(-n4c5ccc(OCCCCCCCCCCCC)cc5c5cc(OCCCCCCCCCCCC)ccc54)s3)n2)s1. The average molecular weight is 1930 g/mol. The molecule has 0 aliphatic rings. The van der Waals surface area contributed by atoms with Gasteiger partial charge in [0.1, 0.15) is 49.5 Å². The van der Waals surface area contributed by atoms with Crippen molar-refractivity contribution in [1.29, 1.82) is 0 Å². The highest BCUT2D eigenvalue weighted by atomic mass is 32.1. The van der Waals surface area contributed by atoms with E-state index in [-0.39, 0.29) is 0 Å². The molecule has 0 aliphatic carbocycles. The second kappa shape index (κ2) is 62.1. The summed E-state index contributed by atoms with van der Waals surface area (Å²) >= 11 is 5.16. The van der Waals surface area contributed by atoms with Gasteiger partial charge in [0.15, 0.2) is 17.5 Å². The second-order valence-electron chi connectivity index (χ2n) is 40.0. The van der Waals surface area contributed by atoms with Crippen LogP contribution in [0.5, 0.6) is 34.5 Å². The van der Waals surface area contributed by atoms with Crippen molar-refractivity contribution in [1.82, 2.24) is 28.7 Å². The van der Waals surface area contributed by atoms with Crippen molar-refractivity contribution < 1.29 is 28.4 Å². The summed E-state index contributed by atoms with van der Waals surface area (Å²) < 4.78 is 47.3. The number of nitrogens with zero attached hydrogens (tertiary/aromatic N) is 6. The first-order valence-electron chi connectivity index (χ1n) is 56.4. The van der Waals surface area contributed by atoms with E-state index in [1.807, 2.05) is 0 Å². The number of hydrogen-bond acceptors (Lipinski definition) is 12. The van der Waals surface area contributed by atoms with Gasteiger partial charge in [-0.15, -0.1) is 34.0 Å². The molecule has 750 valence electrons. The minimum Gasteiger partial charge on any atom is -0.494 e. The molecular weight excluding hydrogens is 1750 g/mol. The summed E-state index contributed by atoms with van der Waals surface area (Å²) in [6.45, 7) is 18.0. The number of aromatic nitrogens is 6. The third kappa shape index (κ3) is 33.6. The van der Waals surface area contributed by atoms with E-state index in [1.165, 1.54) is 347 Å². The molecule has 13 aromatic rings. The van der Waals surface area contributed by atoms with Gasteiger partial charge in [0.05, 0.1) is 87.4 Å². The van der Waals surface area contributed by atoms with Gasteiger partial charge in [0.25, 0.3) is 0 Å². The quantitative estimate of drug-likeness (QED) is 0.0344. The number of fused-ring (bicyclic) bond motifs is 9. The molecular formula is C123H174N6O6S3. The predicted molar refractivity (Wildman–Crippen MR) is 597 cm³/mol. The Kier molecular flexibility index (Phi) is 48.1. The van der Waals surface area contributed by atoms with Crippen LogP contribution in [0.2, 0.25) is 0 Å². The van der Waals surface area contributed by atoms with E-state index < -0.39 is 0 Å². The van der Waals surface area contributed by atoms with Gasteiger partial charge in [0, 0.05) is 32.3 Å². The summed E-state index contributed by atoms with van der Waals surface area (Å²) in [6, 6.07) is 53.7. The van der Waals surface area contributed by atoms with E-state index in [0.717, 1.165) is 168 Å². The van der Waals surface area contributed by atoms with Gasteiger partial charge < -0.3 is 42.1 Å². The highest BCUT2D eigenvalue weighted by molar-refractivity contribution is 7.18. The average Bonchev–Trinajstić information content (AvgIpc) is 1.59. The van der Waals surface area contributed by atoms with Gasteiger partial charge in [-0.2, -0.15) is 0 Å². The molecule has 0 fully saturated rings. The molecule has 0 bridgehead atoms. The lowest BCUT2D eigenvalue weighted by Crippen LogP contribution is -1.98. The van der Waals surface area contributed by atoms with E-state index in [1.54, 1.807) is 34.0 Å². The monoisotopic (exact) mass is 1930 g/mol. The molecule has 0 aliphatic heterocycles. The lowest BCUT2D eigenvalue weighted by molar-refractivity contribution is 0.304. The number of rotatable bonds is 78. The molecule has 7 aromatic heterocycles. The summed E-state index contributed by atoms with van der Waals surface area (Å²) in [5.41, 5.74) is 6.68. The van der Waals surface area contributed by atoms with Crippen LogP contribution in [0.4, 0.5) is 0 Å². The van der Waals surface area contributed by atoms with Crippen LogP contribution in [0, 0.1) is 0 Å². The molecule has 138 heavy (non-hydrogen) atoms. The highest BCUT2D eigenvalue weighted by Gasteiger charge is 2.25. The van der Waals surface area contributed by atoms with Crippen LogP contribution in [0.15, 0.2) is 146 Å². The fourth-order valence-corrected chi connectivity index (χ4v) is 23.2. The number of thiophene rings is 3. The molecule has 0 saturated heterocycles. The first kappa shape index (κ1) is 107. The maximum Gasteiger partial charge on any atom is 0.174 e. The predicted octanol–water partition coefficient (Wildman–Crippen LogP) is 40.1. The fraction of sp³-hybridized carbons (Fsp3) is 0.585. The standard InChI is InChI=1S/C123H174N6O6S3/c1-7-13-19-25-31-37-43-49-55-61-85-130-97-67-73-109-103(91-97)104-92-98(131-86-62-56-50-44-38-32-26-20-14-8-2)68-74-110(104)127(109)118-82-79-115(136-118)121-124-122(116-80-83-119(137-116)128-111-75-69-99(132-87-63-57-51-45-39-33-27-21-15-9-3)93-105(111)106-94-100(70-76-112(106)128)133-88-64-58-52-46-40-34-28-22-16-10-4)126-123(125-121)117-81-84-120(138-117)129-113-77-71-101(134-89-65-59-53-47-41-35-29-23-17-11-5)95-107(113)108-96-102(72-78-114(108)129)135-90-66-60-54-48-42-36-30-24-18-12-6/h67-84,91-96H,7-66,85-90H2,1-6H3. The molecule has 15 heteroatoms. The molecule has 0 N–H and O–H groups in total. The van der Waals surface area contributed by atoms with Crippen molar-refractivity contribution in [3.05, 3.63) is 146 Å². The Morgan fingerprint density at radius 1 is 0.174 bits per heavy atom. The number of unbranched alkanes of at least 4 members (excludes halogenated alkanes) is 54. The van der Waals surface area contributed by atoms with Gasteiger partial charge in [-0.1, -0.05) is 388 Å². The molecule has 12 nitrogen and oxygen atoms in total. The summed E-state index contributed by atoms with van der Waals surface area (Å²) in [4.78, 5) is 19.7. The summed E-state index contributed by atoms with van der Waals surface area (Å²) in [5, 5.41) is 10.1. The summed E-state index contributed by atoms with van der Waals surface area (Å²) in [7, 11) is 0. The van der Waals surface area contributed by atoms with E-state index >= 15 is 0 Å². The lowest BCUT2D eigenvalue weighted by Gasteiger charge is -2.09. The highest BCUT2D eigenvalue weighted by Crippen LogP contribution is 2.46. The largest absolute Gasteiger partial charge is 0.494 e. The summed E-state index contributed by atoms with van der Waals surface area (Å²) in [5.74, 6) is 7.30. The van der Waals surface area contributed by atoms with E-state index in [4.69, 9.17) is 43.4 Å². The van der Waals surface area contributed by atoms with Gasteiger partial charge >= 0.3 is 0 Å². The van der Waals surface area contributed by atoms with Crippen molar-refractivity contribution in [2.24, 2.45) is 0 Å². The number of hydrogen-bond donors (Lipinski definition) is 0. The fourth-order valence-electron chi connectivity index (χ4n) is 20.3. The minimum absolute atomic E-state index is 0.627. The Balaban J connectivity index is 0.829. The zero-order valence-electron chi connectivity index (χ0n) is 86.4. The van der Waals surface area contributed by atoms with Crippen LogP contribution in [-0.4, -0.2) is 68.3 Å². The zero-order valence-corrected chi connectivity index (χ0v) is 88.8. The van der Waals surface area contributed by atoms with Crippen LogP contribution in [-0.2, 0) is 0 Å². The molecule has 0 unspecified atom stereocenters. The van der Waals surface area contributed by atoms with Crippen molar-refractivity contribution in [3.63, 3.8) is 0 Å². The van der Waals surface area contributed by atoms with Crippen molar-refractivity contribution in [2.45, 2.75) is 427 Å². The molecule has 0 radical (unpaired) electrons. The van der Waals surface area contributed by atoms with Crippen molar-refractivity contribution >= 4 is 99.4 Å². The molecule has 7 heterocycles. The second-order valence-corrected chi connectivity index (χ2v) is 43.2. The van der Waals surface area contributed by atoms with E-state index in [0.29, 0.717) is 57.1 Å². The van der Waals surface area contributed by atoms with Gasteiger partial charge in [0.2, 0.25) is 0 Å². The maximum atomic E-state index is 6.68. The molecule has 0 saturated carbocycles. The van der Waals surface area contributed by atoms with Crippen LogP contribution < -0.4 is 28.4 Å². The lowest BCUT2D eigenvalue weighted by atomic mass is 10.1. The van der Waals surface area contributed by atoms with Crippen LogP contribution >= 0.6 is 34.0 Å². The van der Waals surface area contributed by atoms with Gasteiger partial charge in [-0.25, -0.2) is 15.0 Å². The number of benzene rings is 6. The molecule has 0 atom stereocenters. The zero-order chi connectivity index (χ0) is 95.4. The topological polar surface area (TPSA) is 109 Å². The van der Waals surface area contributed by atoms with Crippen molar-refractivity contribution in [2.75, 3.05) is 39.6 Å². The Labute approximate surface area is 844 Å². The van der Waals surface area contributed by atoms with E-state index in [9.17, 15) is 0 Å². The third-order valence-corrected chi connectivity index (χ3v) is 31.7. The van der Waals surface area contributed by atoms with E-state index in [2.05, 4.69) is 201 Å². The summed E-state index contributed by atoms with van der Waals surface area (Å²) in [6.07, 6.45) is 77.5. The Hall–Kier alpha value is -8.37. The van der Waals surface area contributed by atoms with Gasteiger partial charge in [-0.05, 0) is 184 Å². The van der Waals surface area contributed by atoms with Crippen LogP contribution in [0.3, 0.4) is 0 Å². The molecule has 0 spiro atoms. The molecule has 6 aromatic carbocycles. The molecule has 0 amide bonds. The van der Waals surface area contributed by atoms with Crippen LogP contribution in [0.1, 0.15) is 427 Å². The van der Waals surface area contributed by atoms with Gasteiger partial charge in [-0.3, -0.25) is 0 Å². The Morgan fingerprint density at radius 2 is 0.319 bits per heavy atom. The Bertz CT molecular complexity index is 4790. The number of ether oxygens (including phenoxy) is 6. The Morgan fingerprint density at radius 3 is 0.471 bits per heavy atom. The van der Waals surface area contributed by atoms with Crippen LogP contribution in [0.25, 0.3) is 113 Å². The smallest absolute Gasteiger partial charge is 0.174 e. The third-order valence-electron chi connectivity index (χ3n) is 28.5. The van der Waals surface area contributed by atoms with Crippen molar-refractivity contribution in [3.8, 4) is 81.6 Å². The first-order valence-corrected chi connectivity index (χ1v) is 58.9. The minimum atomic E-state index is 0.627. The normalized spacial score (nSPS) is 11.9. The maximum absolute atomic E-state index is 6.68. The molecule has 13 rings (SSSR count).